The van der Waals surface area contributed by atoms with E-state index in [0.29, 0.717) is 19.1 Å². The third kappa shape index (κ3) is 2.69. The van der Waals surface area contributed by atoms with Crippen LogP contribution in [0, 0.1) is 0 Å². The van der Waals surface area contributed by atoms with Gasteiger partial charge in [0.25, 0.3) is 0 Å². The van der Waals surface area contributed by atoms with Gasteiger partial charge in [-0.15, -0.1) is 0 Å². The van der Waals surface area contributed by atoms with Crippen LogP contribution in [0.25, 0.3) is 0 Å². The van der Waals surface area contributed by atoms with E-state index in [1.54, 1.807) is 0 Å². The molecule has 2 fully saturated rings. The van der Waals surface area contributed by atoms with Gasteiger partial charge in [0.15, 0.2) is 0 Å². The van der Waals surface area contributed by atoms with E-state index in [0.717, 1.165) is 0 Å². The van der Waals surface area contributed by atoms with E-state index >= 15 is 0 Å². The summed E-state index contributed by atoms with van der Waals surface area (Å²) < 4.78 is 37.6. The van der Waals surface area contributed by atoms with Gasteiger partial charge in [-0.25, -0.2) is 0 Å². The minimum Gasteiger partial charge on any atom is -0.313 e. The molecule has 5 heteroatoms. The molecule has 0 unspecified atom stereocenters. The minimum atomic E-state index is -4.08. The predicted molar refractivity (Wildman–Crippen MR) is 56.3 cm³/mol. The highest BCUT2D eigenvalue weighted by Crippen LogP contribution is 2.48. The molecular formula is C11H19F3N2. The molecule has 0 atom stereocenters. The molecule has 2 aliphatic rings. The van der Waals surface area contributed by atoms with Crippen molar-refractivity contribution in [1.29, 1.82) is 0 Å². The number of hydrogen-bond donors (Lipinski definition) is 2. The zero-order valence-electron chi connectivity index (χ0n) is 9.37. The van der Waals surface area contributed by atoms with Crippen LogP contribution in [0.3, 0.4) is 0 Å². The predicted octanol–water partition coefficient (Wildman–Crippen LogP) is 2.20. The molecule has 0 aromatic heterocycles. The summed E-state index contributed by atoms with van der Waals surface area (Å²) in [4.78, 5) is 0. The summed E-state index contributed by atoms with van der Waals surface area (Å²) in [6, 6.07) is 0.530. The molecular weight excluding hydrogens is 217 g/mol. The Labute approximate surface area is 94.0 Å². The Morgan fingerprint density at radius 1 is 1.06 bits per heavy atom. The van der Waals surface area contributed by atoms with Crippen LogP contribution in [0.15, 0.2) is 0 Å². The van der Waals surface area contributed by atoms with Gasteiger partial charge in [0, 0.05) is 19.1 Å². The molecule has 0 heterocycles. The van der Waals surface area contributed by atoms with Crippen LogP contribution < -0.4 is 10.6 Å². The average Bonchev–Trinajstić information content (AvgIpc) is 2.83. The van der Waals surface area contributed by atoms with Crippen molar-refractivity contribution >= 4 is 0 Å². The smallest absolute Gasteiger partial charge is 0.313 e. The second-order valence-corrected chi connectivity index (χ2v) is 4.94. The van der Waals surface area contributed by atoms with Gasteiger partial charge in [0.2, 0.25) is 0 Å². The van der Waals surface area contributed by atoms with E-state index in [1.807, 2.05) is 0 Å². The summed E-state index contributed by atoms with van der Waals surface area (Å²) >= 11 is 0. The maximum Gasteiger partial charge on any atom is 0.406 e. The van der Waals surface area contributed by atoms with Crippen molar-refractivity contribution < 1.29 is 13.2 Å². The van der Waals surface area contributed by atoms with Gasteiger partial charge in [-0.3, -0.25) is 0 Å². The van der Waals surface area contributed by atoms with Crippen LogP contribution in [0.1, 0.15) is 38.5 Å². The van der Waals surface area contributed by atoms with Crippen LogP contribution in [-0.2, 0) is 0 Å². The van der Waals surface area contributed by atoms with E-state index in [4.69, 9.17) is 0 Å². The molecule has 0 spiro atoms. The van der Waals surface area contributed by atoms with Crippen LogP contribution in [0.5, 0.6) is 0 Å². The van der Waals surface area contributed by atoms with E-state index in [2.05, 4.69) is 10.6 Å². The quantitative estimate of drug-likeness (QED) is 0.715. The van der Waals surface area contributed by atoms with Gasteiger partial charge in [-0.2, -0.15) is 13.2 Å². The molecule has 0 aliphatic heterocycles. The Bertz CT molecular complexity index is 230. The lowest BCUT2D eigenvalue weighted by molar-refractivity contribution is -0.165. The van der Waals surface area contributed by atoms with Crippen molar-refractivity contribution in [1.82, 2.24) is 10.6 Å². The standard InChI is InChI=1S/C11H19F3N2/c12-11(13,14)10(5-6-10)16-8-7-15-9-3-1-2-4-9/h9,15-16H,1-8H2. The summed E-state index contributed by atoms with van der Waals surface area (Å²) in [5.74, 6) is 0. The van der Waals surface area contributed by atoms with Gasteiger partial charge in [0.1, 0.15) is 5.54 Å². The largest absolute Gasteiger partial charge is 0.406 e. The Morgan fingerprint density at radius 2 is 1.69 bits per heavy atom. The highest BCUT2D eigenvalue weighted by Gasteiger charge is 2.62. The molecule has 2 nitrogen and oxygen atoms in total. The zero-order chi connectivity index (χ0) is 11.6. The van der Waals surface area contributed by atoms with Crippen LogP contribution >= 0.6 is 0 Å². The van der Waals surface area contributed by atoms with E-state index in [1.165, 1.54) is 25.7 Å². The number of alkyl halides is 3. The second kappa shape index (κ2) is 4.53. The highest BCUT2D eigenvalue weighted by molar-refractivity contribution is 5.07. The third-order valence-electron chi connectivity index (χ3n) is 3.67. The van der Waals surface area contributed by atoms with Gasteiger partial charge < -0.3 is 10.6 Å². The molecule has 0 aromatic rings. The highest BCUT2D eigenvalue weighted by atomic mass is 19.4. The molecule has 0 amide bonds. The van der Waals surface area contributed by atoms with E-state index in [-0.39, 0.29) is 12.8 Å². The van der Waals surface area contributed by atoms with Crippen molar-refractivity contribution in [2.45, 2.75) is 56.3 Å². The van der Waals surface area contributed by atoms with Gasteiger partial charge in [0.05, 0.1) is 0 Å². The molecule has 2 N–H and O–H groups in total. The zero-order valence-corrected chi connectivity index (χ0v) is 9.37. The SMILES string of the molecule is FC(F)(F)C1(NCCNC2CCCC2)CC1. The maximum atomic E-state index is 12.5. The molecule has 94 valence electrons. The Morgan fingerprint density at radius 3 is 2.19 bits per heavy atom. The van der Waals surface area contributed by atoms with Crippen molar-refractivity contribution in [2.24, 2.45) is 0 Å². The molecule has 2 rings (SSSR count). The maximum absolute atomic E-state index is 12.5. The fourth-order valence-corrected chi connectivity index (χ4v) is 2.39. The molecule has 16 heavy (non-hydrogen) atoms. The third-order valence-corrected chi connectivity index (χ3v) is 3.67. The molecule has 0 aromatic carbocycles. The number of nitrogens with one attached hydrogen (secondary N) is 2. The van der Waals surface area contributed by atoms with Crippen LogP contribution in [0.4, 0.5) is 13.2 Å². The molecule has 2 saturated carbocycles. The Balaban J connectivity index is 1.61. The number of halogens is 3. The van der Waals surface area contributed by atoms with Crippen molar-refractivity contribution in [3.63, 3.8) is 0 Å². The molecule has 0 bridgehead atoms. The molecule has 0 saturated heterocycles. The van der Waals surface area contributed by atoms with Crippen LogP contribution in [0.2, 0.25) is 0 Å². The van der Waals surface area contributed by atoms with E-state index in [9.17, 15) is 13.2 Å². The topological polar surface area (TPSA) is 24.1 Å². The van der Waals surface area contributed by atoms with Gasteiger partial charge in [-0.1, -0.05) is 12.8 Å². The first kappa shape index (κ1) is 12.2. The normalized spacial score (nSPS) is 24.9. The monoisotopic (exact) mass is 236 g/mol. The lowest BCUT2D eigenvalue weighted by Crippen LogP contribution is -2.47. The fourth-order valence-electron chi connectivity index (χ4n) is 2.39. The fraction of sp³-hybridized carbons (Fsp3) is 1.00. The van der Waals surface area contributed by atoms with E-state index < -0.39 is 11.7 Å². The van der Waals surface area contributed by atoms with Gasteiger partial charge in [-0.05, 0) is 25.7 Å². The first-order valence-electron chi connectivity index (χ1n) is 6.09. The summed E-state index contributed by atoms with van der Waals surface area (Å²) in [7, 11) is 0. The summed E-state index contributed by atoms with van der Waals surface area (Å²) in [5, 5.41) is 5.95. The summed E-state index contributed by atoms with van der Waals surface area (Å²) in [6.07, 6.45) is 1.23. The Hall–Kier alpha value is -0.290. The first-order valence-corrected chi connectivity index (χ1v) is 6.09. The lowest BCUT2D eigenvalue weighted by Gasteiger charge is -2.21. The number of rotatable bonds is 5. The van der Waals surface area contributed by atoms with Crippen molar-refractivity contribution in [3.8, 4) is 0 Å². The van der Waals surface area contributed by atoms with Crippen LogP contribution in [-0.4, -0.2) is 30.8 Å². The molecule has 2 aliphatic carbocycles. The average molecular weight is 236 g/mol. The molecule has 0 radical (unpaired) electrons. The number of hydrogen-bond acceptors (Lipinski definition) is 2. The summed E-state index contributed by atoms with van der Waals surface area (Å²) in [6.45, 7) is 1.05. The first-order chi connectivity index (χ1) is 7.54. The summed E-state index contributed by atoms with van der Waals surface area (Å²) in [5.41, 5.74) is -1.55. The minimum absolute atomic E-state index is 0.236. The van der Waals surface area contributed by atoms with Gasteiger partial charge >= 0.3 is 6.18 Å². The Kier molecular flexibility index (Phi) is 3.45. The lowest BCUT2D eigenvalue weighted by atomic mass is 10.2. The van der Waals surface area contributed by atoms with Crippen molar-refractivity contribution in [2.75, 3.05) is 13.1 Å². The second-order valence-electron chi connectivity index (χ2n) is 4.94. The van der Waals surface area contributed by atoms with Crippen molar-refractivity contribution in [3.05, 3.63) is 0 Å².